The molecule has 1 atom stereocenters. The fourth-order valence-corrected chi connectivity index (χ4v) is 1.76. The lowest BCUT2D eigenvalue weighted by atomic mass is 10.0. The third kappa shape index (κ3) is 3.52. The molecule has 0 aliphatic rings. The molecule has 1 rings (SSSR count). The molecule has 1 heterocycles. The van der Waals surface area contributed by atoms with Crippen LogP contribution in [0, 0.1) is 5.92 Å². The van der Waals surface area contributed by atoms with Crippen molar-refractivity contribution in [1.29, 1.82) is 0 Å². The van der Waals surface area contributed by atoms with Crippen molar-refractivity contribution in [2.45, 2.75) is 19.9 Å². The van der Waals surface area contributed by atoms with Gasteiger partial charge in [-0.25, -0.2) is 4.98 Å². The molecule has 0 fully saturated rings. The zero-order chi connectivity index (χ0) is 13.0. The van der Waals surface area contributed by atoms with E-state index in [0.29, 0.717) is 4.47 Å². The fraction of sp³-hybridized carbons (Fsp3) is 0.364. The summed E-state index contributed by atoms with van der Waals surface area (Å²) < 4.78 is 0.574. The Morgan fingerprint density at radius 3 is 2.59 bits per heavy atom. The number of hydrogen-bond acceptors (Lipinski definition) is 3. The van der Waals surface area contributed by atoms with Crippen molar-refractivity contribution in [2.24, 2.45) is 11.7 Å². The van der Waals surface area contributed by atoms with E-state index in [9.17, 15) is 9.59 Å². The van der Waals surface area contributed by atoms with Crippen LogP contribution in [0.15, 0.2) is 22.8 Å². The van der Waals surface area contributed by atoms with Crippen molar-refractivity contribution < 1.29 is 9.59 Å². The van der Waals surface area contributed by atoms with Crippen molar-refractivity contribution in [3.63, 3.8) is 0 Å². The van der Waals surface area contributed by atoms with Gasteiger partial charge in [0, 0.05) is 10.7 Å². The highest BCUT2D eigenvalue weighted by molar-refractivity contribution is 9.10. The number of nitrogens with two attached hydrogens (primary N) is 1. The molecule has 1 unspecified atom stereocenters. The number of carbonyl (C=O) groups is 2. The number of rotatable bonds is 4. The minimum atomic E-state index is -0.698. The van der Waals surface area contributed by atoms with E-state index < -0.39 is 17.9 Å². The number of aromatic nitrogens is 1. The number of amides is 2. The standard InChI is InChI=1S/C11H14BrN3O2/c1-6(2)8(10(13)16)15-11(17)9-7(12)4-3-5-14-9/h3-6,8H,1-2H3,(H2,13,16)(H,15,17). The Labute approximate surface area is 108 Å². The van der Waals surface area contributed by atoms with E-state index in [1.807, 2.05) is 13.8 Å². The minimum absolute atomic E-state index is 0.0704. The van der Waals surface area contributed by atoms with Crippen molar-refractivity contribution in [2.75, 3.05) is 0 Å². The van der Waals surface area contributed by atoms with Gasteiger partial charge >= 0.3 is 0 Å². The smallest absolute Gasteiger partial charge is 0.271 e. The summed E-state index contributed by atoms with van der Waals surface area (Å²) in [6.07, 6.45) is 1.51. The molecule has 0 radical (unpaired) electrons. The molecule has 17 heavy (non-hydrogen) atoms. The molecule has 92 valence electrons. The molecule has 0 aliphatic carbocycles. The summed E-state index contributed by atoms with van der Waals surface area (Å²) in [5.74, 6) is -1.05. The molecule has 0 spiro atoms. The van der Waals surface area contributed by atoms with Gasteiger partial charge in [-0.2, -0.15) is 0 Å². The monoisotopic (exact) mass is 299 g/mol. The van der Waals surface area contributed by atoms with Crippen molar-refractivity contribution in [1.82, 2.24) is 10.3 Å². The zero-order valence-corrected chi connectivity index (χ0v) is 11.2. The van der Waals surface area contributed by atoms with Gasteiger partial charge in [0.05, 0.1) is 0 Å². The Hall–Kier alpha value is -1.43. The Morgan fingerprint density at radius 2 is 2.12 bits per heavy atom. The Bertz CT molecular complexity index is 434. The van der Waals surface area contributed by atoms with Crippen LogP contribution in [-0.2, 0) is 4.79 Å². The molecular weight excluding hydrogens is 286 g/mol. The van der Waals surface area contributed by atoms with Gasteiger partial charge in [-0.1, -0.05) is 13.8 Å². The maximum atomic E-state index is 11.9. The lowest BCUT2D eigenvalue weighted by Gasteiger charge is -2.18. The number of halogens is 1. The topological polar surface area (TPSA) is 85.1 Å². The summed E-state index contributed by atoms with van der Waals surface area (Å²) in [7, 11) is 0. The molecule has 3 N–H and O–H groups in total. The van der Waals surface area contributed by atoms with Crippen LogP contribution < -0.4 is 11.1 Å². The van der Waals surface area contributed by atoms with E-state index in [1.165, 1.54) is 6.20 Å². The van der Waals surface area contributed by atoms with Gasteiger partial charge in [0.25, 0.3) is 5.91 Å². The fourth-order valence-electron chi connectivity index (χ4n) is 1.33. The van der Waals surface area contributed by atoms with E-state index in [1.54, 1.807) is 12.1 Å². The third-order valence-electron chi connectivity index (χ3n) is 2.23. The highest BCUT2D eigenvalue weighted by Gasteiger charge is 2.23. The molecule has 5 nitrogen and oxygen atoms in total. The van der Waals surface area contributed by atoms with Crippen LogP contribution in [0.1, 0.15) is 24.3 Å². The van der Waals surface area contributed by atoms with Gasteiger partial charge in [0.15, 0.2) is 0 Å². The number of hydrogen-bond donors (Lipinski definition) is 2. The summed E-state index contributed by atoms with van der Waals surface area (Å²) in [6, 6.07) is 2.71. The first-order chi connectivity index (χ1) is 7.93. The summed E-state index contributed by atoms with van der Waals surface area (Å²) >= 11 is 3.22. The first-order valence-corrected chi connectivity index (χ1v) is 5.93. The van der Waals surface area contributed by atoms with Crippen LogP contribution in [0.5, 0.6) is 0 Å². The predicted molar refractivity (Wildman–Crippen MR) is 67.2 cm³/mol. The minimum Gasteiger partial charge on any atom is -0.368 e. The molecule has 2 amide bonds. The summed E-state index contributed by atoms with van der Waals surface area (Å²) in [5.41, 5.74) is 5.45. The van der Waals surface area contributed by atoms with Gasteiger partial charge < -0.3 is 11.1 Å². The van der Waals surface area contributed by atoms with E-state index in [-0.39, 0.29) is 11.6 Å². The second kappa shape index (κ2) is 5.77. The number of carbonyl (C=O) groups excluding carboxylic acids is 2. The second-order valence-corrected chi connectivity index (χ2v) is 4.79. The van der Waals surface area contributed by atoms with E-state index in [0.717, 1.165) is 0 Å². The van der Waals surface area contributed by atoms with Crippen LogP contribution >= 0.6 is 15.9 Å². The van der Waals surface area contributed by atoms with Crippen LogP contribution in [0.3, 0.4) is 0 Å². The predicted octanol–water partition coefficient (Wildman–Crippen LogP) is 1.08. The molecule has 6 heteroatoms. The third-order valence-corrected chi connectivity index (χ3v) is 2.87. The van der Waals surface area contributed by atoms with Crippen LogP contribution in [0.2, 0.25) is 0 Å². The largest absolute Gasteiger partial charge is 0.368 e. The number of nitrogens with one attached hydrogen (secondary N) is 1. The molecule has 0 saturated heterocycles. The molecule has 0 aromatic carbocycles. The molecule has 1 aromatic rings. The van der Waals surface area contributed by atoms with Gasteiger partial charge in [-0.05, 0) is 34.0 Å². The summed E-state index contributed by atoms with van der Waals surface area (Å²) in [4.78, 5) is 27.0. The van der Waals surface area contributed by atoms with Crippen molar-refractivity contribution >= 4 is 27.7 Å². The van der Waals surface area contributed by atoms with E-state index in [4.69, 9.17) is 5.73 Å². The Morgan fingerprint density at radius 1 is 1.47 bits per heavy atom. The Kier molecular flexibility index (Phi) is 4.62. The number of primary amides is 1. The quantitative estimate of drug-likeness (QED) is 0.872. The SMILES string of the molecule is CC(C)C(NC(=O)c1ncccc1Br)C(N)=O. The van der Waals surface area contributed by atoms with Crippen molar-refractivity contribution in [3.8, 4) is 0 Å². The summed E-state index contributed by atoms with van der Waals surface area (Å²) in [5, 5.41) is 2.57. The number of nitrogens with zero attached hydrogens (tertiary/aromatic N) is 1. The highest BCUT2D eigenvalue weighted by Crippen LogP contribution is 2.13. The molecule has 0 saturated carbocycles. The van der Waals surface area contributed by atoms with Gasteiger partial charge in [-0.3, -0.25) is 9.59 Å². The Balaban J connectivity index is 2.85. The molecule has 1 aromatic heterocycles. The normalized spacial score (nSPS) is 12.2. The van der Waals surface area contributed by atoms with E-state index >= 15 is 0 Å². The average molecular weight is 300 g/mol. The molecule has 0 bridgehead atoms. The maximum Gasteiger partial charge on any atom is 0.271 e. The van der Waals surface area contributed by atoms with Crippen LogP contribution in [0.25, 0.3) is 0 Å². The van der Waals surface area contributed by atoms with Crippen LogP contribution in [0.4, 0.5) is 0 Å². The van der Waals surface area contributed by atoms with Crippen LogP contribution in [-0.4, -0.2) is 22.8 Å². The second-order valence-electron chi connectivity index (χ2n) is 3.93. The first-order valence-electron chi connectivity index (χ1n) is 5.14. The van der Waals surface area contributed by atoms with Crippen molar-refractivity contribution in [3.05, 3.63) is 28.5 Å². The summed E-state index contributed by atoms with van der Waals surface area (Å²) in [6.45, 7) is 3.62. The zero-order valence-electron chi connectivity index (χ0n) is 9.61. The van der Waals surface area contributed by atoms with Gasteiger partial charge in [-0.15, -0.1) is 0 Å². The number of pyridine rings is 1. The molecular formula is C11H14BrN3O2. The maximum absolute atomic E-state index is 11.9. The van der Waals surface area contributed by atoms with Gasteiger partial charge in [0.1, 0.15) is 11.7 Å². The molecule has 0 aliphatic heterocycles. The van der Waals surface area contributed by atoms with E-state index in [2.05, 4.69) is 26.2 Å². The first kappa shape index (κ1) is 13.6. The van der Waals surface area contributed by atoms with Gasteiger partial charge in [0.2, 0.25) is 5.91 Å². The highest BCUT2D eigenvalue weighted by atomic mass is 79.9. The average Bonchev–Trinajstić information content (AvgIpc) is 2.25. The lowest BCUT2D eigenvalue weighted by Crippen LogP contribution is -2.47. The lowest BCUT2D eigenvalue weighted by molar-refractivity contribution is -0.120.